The van der Waals surface area contributed by atoms with Gasteiger partial charge in [0.1, 0.15) is 11.5 Å². The summed E-state index contributed by atoms with van der Waals surface area (Å²) in [6.07, 6.45) is 2.91. The molecule has 2 heterocycles. The van der Waals surface area contributed by atoms with Gasteiger partial charge in [0.15, 0.2) is 0 Å². The number of carbonyl (C=O) groups is 1. The lowest BCUT2D eigenvalue weighted by Crippen LogP contribution is -2.40. The van der Waals surface area contributed by atoms with Crippen LogP contribution in [0.3, 0.4) is 0 Å². The number of amides is 1. The van der Waals surface area contributed by atoms with Gasteiger partial charge in [-0.25, -0.2) is 4.98 Å². The summed E-state index contributed by atoms with van der Waals surface area (Å²) in [5.41, 5.74) is 4.25. The Kier molecular flexibility index (Phi) is 2.77. The van der Waals surface area contributed by atoms with Crippen molar-refractivity contribution in [1.29, 1.82) is 0 Å². The maximum Gasteiger partial charge on any atom is 0.268 e. The van der Waals surface area contributed by atoms with E-state index in [0.29, 0.717) is 18.9 Å². The zero-order valence-corrected chi connectivity index (χ0v) is 10.8. The predicted molar refractivity (Wildman–Crippen MR) is 67.2 cm³/mol. The Labute approximate surface area is 106 Å². The van der Waals surface area contributed by atoms with Gasteiger partial charge >= 0.3 is 0 Å². The van der Waals surface area contributed by atoms with Crippen molar-refractivity contribution in [2.45, 2.75) is 26.4 Å². The smallest absolute Gasteiger partial charge is 0.268 e. The molecule has 2 rings (SSSR count). The first kappa shape index (κ1) is 12.8. The van der Waals surface area contributed by atoms with Gasteiger partial charge < -0.3 is 15.7 Å². The maximum absolute atomic E-state index is 11.1. The van der Waals surface area contributed by atoms with Crippen LogP contribution in [0.4, 0.5) is 5.82 Å². The quantitative estimate of drug-likeness (QED) is 0.780. The van der Waals surface area contributed by atoms with E-state index in [1.54, 1.807) is 13.1 Å². The van der Waals surface area contributed by atoms with E-state index in [0.717, 1.165) is 0 Å². The second-order valence-corrected chi connectivity index (χ2v) is 5.64. The van der Waals surface area contributed by atoms with Crippen molar-refractivity contribution in [3.63, 3.8) is 0 Å². The summed E-state index contributed by atoms with van der Waals surface area (Å²) >= 11 is 0. The van der Waals surface area contributed by atoms with Gasteiger partial charge in [0, 0.05) is 18.5 Å². The summed E-state index contributed by atoms with van der Waals surface area (Å²) in [4.78, 5) is 21.1. The average molecular weight is 250 g/mol. The summed E-state index contributed by atoms with van der Waals surface area (Å²) < 4.78 is 0. The van der Waals surface area contributed by atoms with Crippen molar-refractivity contribution < 1.29 is 9.90 Å². The average Bonchev–Trinajstić information content (AvgIpc) is 2.48. The molecular formula is C12H18N4O2. The van der Waals surface area contributed by atoms with Crippen LogP contribution in [0.15, 0.2) is 12.4 Å². The van der Waals surface area contributed by atoms with Crippen LogP contribution < -0.4 is 10.6 Å². The predicted octanol–water partition coefficient (Wildman–Crippen LogP) is 0.173. The summed E-state index contributed by atoms with van der Waals surface area (Å²) in [6, 6.07) is 0. The first-order chi connectivity index (χ1) is 8.23. The monoisotopic (exact) mass is 250 g/mol. The number of carbonyl (C=O) groups excluding carboxylic acids is 1. The lowest BCUT2D eigenvalue weighted by molar-refractivity contribution is -0.00891. The zero-order valence-electron chi connectivity index (χ0n) is 10.8. The lowest BCUT2D eigenvalue weighted by atomic mass is 9.79. The van der Waals surface area contributed by atoms with E-state index >= 15 is 0 Å². The minimum Gasteiger partial charge on any atom is -0.388 e. The third-order valence-electron chi connectivity index (χ3n) is 3.74. The highest BCUT2D eigenvalue weighted by Gasteiger charge is 2.48. The fourth-order valence-electron chi connectivity index (χ4n) is 2.08. The molecule has 18 heavy (non-hydrogen) atoms. The molecule has 0 saturated carbocycles. The number of nitrogens with zero attached hydrogens (tertiary/aromatic N) is 3. The normalized spacial score (nSPS) is 26.3. The molecule has 0 radical (unpaired) electrons. The van der Waals surface area contributed by atoms with Gasteiger partial charge in [-0.15, -0.1) is 0 Å². The Balaban J connectivity index is 2.30. The van der Waals surface area contributed by atoms with Gasteiger partial charge in [-0.05, 0) is 6.92 Å². The minimum atomic E-state index is -0.808. The molecule has 6 nitrogen and oxygen atoms in total. The van der Waals surface area contributed by atoms with Crippen LogP contribution in [0.1, 0.15) is 31.3 Å². The number of rotatable bonds is 2. The topological polar surface area (TPSA) is 92.3 Å². The molecule has 98 valence electrons. The van der Waals surface area contributed by atoms with Crippen molar-refractivity contribution in [2.24, 2.45) is 11.1 Å². The van der Waals surface area contributed by atoms with E-state index in [9.17, 15) is 9.90 Å². The molecule has 1 aromatic heterocycles. The zero-order chi connectivity index (χ0) is 13.6. The molecule has 3 N–H and O–H groups in total. The fourth-order valence-corrected chi connectivity index (χ4v) is 2.08. The number of anilines is 1. The first-order valence-electron chi connectivity index (χ1n) is 5.82. The van der Waals surface area contributed by atoms with Crippen LogP contribution in [0.2, 0.25) is 0 Å². The number of aliphatic hydroxyl groups is 1. The number of hydrogen-bond acceptors (Lipinski definition) is 5. The number of primary amides is 1. The second kappa shape index (κ2) is 3.91. The van der Waals surface area contributed by atoms with Crippen molar-refractivity contribution in [2.75, 3.05) is 18.0 Å². The van der Waals surface area contributed by atoms with E-state index in [-0.39, 0.29) is 11.1 Å². The van der Waals surface area contributed by atoms with Crippen LogP contribution in [0.25, 0.3) is 0 Å². The summed E-state index contributed by atoms with van der Waals surface area (Å²) in [5.74, 6) is -0.0354. The van der Waals surface area contributed by atoms with Crippen LogP contribution in [0.5, 0.6) is 0 Å². The summed E-state index contributed by atoms with van der Waals surface area (Å²) in [6.45, 7) is 6.91. The van der Waals surface area contributed by atoms with Gasteiger partial charge in [-0.1, -0.05) is 13.8 Å². The van der Waals surface area contributed by atoms with Crippen molar-refractivity contribution >= 4 is 11.7 Å². The Morgan fingerprint density at radius 3 is 2.56 bits per heavy atom. The highest BCUT2D eigenvalue weighted by atomic mass is 16.3. The van der Waals surface area contributed by atoms with E-state index in [1.807, 2.05) is 18.7 Å². The number of aromatic nitrogens is 2. The SMILES string of the molecule is CC1(C)CN(c2cncc(C(N)=O)n2)C[C@@]1(C)O. The fraction of sp³-hybridized carbons (Fsp3) is 0.583. The molecule has 6 heteroatoms. The third kappa shape index (κ3) is 2.03. The molecule has 0 bridgehead atoms. The van der Waals surface area contributed by atoms with Gasteiger partial charge in [-0.2, -0.15) is 0 Å². The highest BCUT2D eigenvalue weighted by molar-refractivity contribution is 5.90. The second-order valence-electron chi connectivity index (χ2n) is 5.64. The van der Waals surface area contributed by atoms with Crippen LogP contribution in [0, 0.1) is 5.41 Å². The lowest BCUT2D eigenvalue weighted by Gasteiger charge is -2.30. The van der Waals surface area contributed by atoms with Crippen molar-refractivity contribution in [1.82, 2.24) is 9.97 Å². The first-order valence-corrected chi connectivity index (χ1v) is 5.82. The molecule has 0 aromatic carbocycles. The van der Waals surface area contributed by atoms with E-state index in [2.05, 4.69) is 9.97 Å². The Bertz CT molecular complexity index is 469. The summed E-state index contributed by atoms with van der Waals surface area (Å²) in [5, 5.41) is 10.4. The standard InChI is InChI=1S/C12H18N4O2/c1-11(2)6-16(7-12(11,3)18)9-5-14-4-8(15-9)10(13)17/h4-5,18H,6-7H2,1-3H3,(H2,13,17)/t12-/m1/s1. The van der Waals surface area contributed by atoms with Crippen LogP contribution in [-0.2, 0) is 0 Å². The molecule has 1 amide bonds. The molecular weight excluding hydrogens is 232 g/mol. The molecule has 1 atom stereocenters. The molecule has 1 saturated heterocycles. The van der Waals surface area contributed by atoms with E-state index in [4.69, 9.17) is 5.73 Å². The molecule has 1 fully saturated rings. The van der Waals surface area contributed by atoms with Crippen LogP contribution in [-0.4, -0.2) is 39.7 Å². The van der Waals surface area contributed by atoms with Crippen molar-refractivity contribution in [3.05, 3.63) is 18.1 Å². The molecule has 1 aromatic rings. The Morgan fingerprint density at radius 2 is 2.06 bits per heavy atom. The minimum absolute atomic E-state index is 0.136. The molecule has 0 spiro atoms. The van der Waals surface area contributed by atoms with Gasteiger partial charge in [0.2, 0.25) is 0 Å². The maximum atomic E-state index is 11.1. The summed E-state index contributed by atoms with van der Waals surface area (Å²) in [7, 11) is 0. The molecule has 1 aliphatic rings. The van der Waals surface area contributed by atoms with Gasteiger partial charge in [-0.3, -0.25) is 9.78 Å². The van der Waals surface area contributed by atoms with Gasteiger partial charge in [0.05, 0.1) is 18.0 Å². The number of nitrogens with two attached hydrogens (primary N) is 1. The van der Waals surface area contributed by atoms with E-state index in [1.165, 1.54) is 6.20 Å². The molecule has 1 aliphatic heterocycles. The Morgan fingerprint density at radius 1 is 1.39 bits per heavy atom. The van der Waals surface area contributed by atoms with Crippen molar-refractivity contribution in [3.8, 4) is 0 Å². The largest absolute Gasteiger partial charge is 0.388 e. The third-order valence-corrected chi connectivity index (χ3v) is 3.74. The highest BCUT2D eigenvalue weighted by Crippen LogP contribution is 2.39. The van der Waals surface area contributed by atoms with Crippen LogP contribution >= 0.6 is 0 Å². The Hall–Kier alpha value is -1.69. The number of hydrogen-bond donors (Lipinski definition) is 2. The van der Waals surface area contributed by atoms with E-state index < -0.39 is 11.5 Å². The van der Waals surface area contributed by atoms with Gasteiger partial charge in [0.25, 0.3) is 5.91 Å². The molecule has 0 aliphatic carbocycles. The number of β-amino-alcohol motifs (C(OH)–C–C–N with tert-alkyl or cyclic N) is 1. The molecule has 0 unspecified atom stereocenters.